The number of nitrogens with one attached hydrogen (secondary N) is 2. The van der Waals surface area contributed by atoms with E-state index in [4.69, 9.17) is 0 Å². The summed E-state index contributed by atoms with van der Waals surface area (Å²) in [5, 5.41) is 9.77. The van der Waals surface area contributed by atoms with E-state index in [2.05, 4.69) is 32.9 Å². The highest BCUT2D eigenvalue weighted by Gasteiger charge is 2.02. The molecule has 2 rings (SSSR count). The van der Waals surface area contributed by atoms with Gasteiger partial charge in [0.2, 0.25) is 0 Å². The lowest BCUT2D eigenvalue weighted by Gasteiger charge is -2.10. The third-order valence-corrected chi connectivity index (χ3v) is 4.27. The zero-order chi connectivity index (χ0) is 16.5. The van der Waals surface area contributed by atoms with Crippen LogP contribution in [-0.4, -0.2) is 24.0 Å². The molecule has 124 valence electrons. The summed E-state index contributed by atoms with van der Waals surface area (Å²) in [5.41, 5.74) is 1.97. The van der Waals surface area contributed by atoms with E-state index >= 15 is 0 Å². The van der Waals surface area contributed by atoms with Crippen LogP contribution in [0.4, 0.5) is 4.39 Å². The maximum absolute atomic E-state index is 13.2. The summed E-state index contributed by atoms with van der Waals surface area (Å²) in [5.74, 6) is 0.508. The number of hydrogen-bond donors (Lipinski definition) is 2. The predicted octanol–water partition coefficient (Wildman–Crippen LogP) is 3.14. The first-order chi connectivity index (χ1) is 11.2. The quantitative estimate of drug-likeness (QED) is 0.604. The van der Waals surface area contributed by atoms with Crippen molar-refractivity contribution in [1.82, 2.24) is 15.6 Å². The molecule has 0 saturated carbocycles. The van der Waals surface area contributed by atoms with Gasteiger partial charge in [0, 0.05) is 24.9 Å². The SMILES string of the molecule is CCNC(=NCc1cccc(F)c1)NCCc1csc(CC)n1. The molecule has 1 aromatic carbocycles. The molecular weight excluding hydrogens is 311 g/mol. The molecule has 23 heavy (non-hydrogen) atoms. The molecule has 1 aromatic heterocycles. The fraction of sp³-hybridized carbons (Fsp3) is 0.412. The molecule has 0 fully saturated rings. The molecule has 0 saturated heterocycles. The van der Waals surface area contributed by atoms with E-state index in [0.29, 0.717) is 6.54 Å². The van der Waals surface area contributed by atoms with Crippen molar-refractivity contribution in [2.75, 3.05) is 13.1 Å². The molecule has 0 radical (unpaired) electrons. The highest BCUT2D eigenvalue weighted by Crippen LogP contribution is 2.10. The van der Waals surface area contributed by atoms with Crippen molar-refractivity contribution in [2.45, 2.75) is 33.2 Å². The average molecular weight is 334 g/mol. The molecule has 2 aromatic rings. The molecule has 0 unspecified atom stereocenters. The largest absolute Gasteiger partial charge is 0.357 e. The van der Waals surface area contributed by atoms with Crippen LogP contribution >= 0.6 is 11.3 Å². The van der Waals surface area contributed by atoms with Crippen LogP contribution in [0.2, 0.25) is 0 Å². The summed E-state index contributed by atoms with van der Waals surface area (Å²) in [6.45, 7) is 6.13. The Hall–Kier alpha value is -1.95. The minimum atomic E-state index is -0.231. The lowest BCUT2D eigenvalue weighted by molar-refractivity contribution is 0.625. The fourth-order valence-corrected chi connectivity index (χ4v) is 2.86. The Kier molecular flexibility index (Phi) is 7.00. The second kappa shape index (κ2) is 9.25. The van der Waals surface area contributed by atoms with Crippen molar-refractivity contribution >= 4 is 17.3 Å². The summed E-state index contributed by atoms with van der Waals surface area (Å²) >= 11 is 1.71. The minimum Gasteiger partial charge on any atom is -0.357 e. The van der Waals surface area contributed by atoms with Gasteiger partial charge in [-0.05, 0) is 31.0 Å². The van der Waals surface area contributed by atoms with E-state index in [1.54, 1.807) is 17.4 Å². The number of thiazole rings is 1. The molecule has 0 aliphatic heterocycles. The molecule has 0 atom stereocenters. The topological polar surface area (TPSA) is 49.3 Å². The summed E-state index contributed by atoms with van der Waals surface area (Å²) in [7, 11) is 0. The third kappa shape index (κ3) is 5.98. The van der Waals surface area contributed by atoms with Crippen LogP contribution in [0.25, 0.3) is 0 Å². The van der Waals surface area contributed by atoms with Crippen LogP contribution in [0.5, 0.6) is 0 Å². The number of hydrogen-bond acceptors (Lipinski definition) is 3. The van der Waals surface area contributed by atoms with Crippen LogP contribution < -0.4 is 10.6 Å². The van der Waals surface area contributed by atoms with Gasteiger partial charge in [0.05, 0.1) is 17.2 Å². The van der Waals surface area contributed by atoms with Gasteiger partial charge in [-0.15, -0.1) is 11.3 Å². The van der Waals surface area contributed by atoms with Gasteiger partial charge in [0.1, 0.15) is 5.82 Å². The normalized spacial score (nSPS) is 11.5. The average Bonchev–Trinajstić information content (AvgIpc) is 3.01. The Balaban J connectivity index is 1.86. The second-order valence-corrected chi connectivity index (χ2v) is 6.03. The zero-order valence-electron chi connectivity index (χ0n) is 13.6. The van der Waals surface area contributed by atoms with E-state index in [-0.39, 0.29) is 5.82 Å². The minimum absolute atomic E-state index is 0.231. The van der Waals surface area contributed by atoms with E-state index in [9.17, 15) is 4.39 Å². The first-order valence-electron chi connectivity index (χ1n) is 7.91. The number of aromatic nitrogens is 1. The van der Waals surface area contributed by atoms with Crippen LogP contribution in [-0.2, 0) is 19.4 Å². The molecule has 2 N–H and O–H groups in total. The van der Waals surface area contributed by atoms with E-state index in [0.717, 1.165) is 43.1 Å². The Morgan fingerprint density at radius 3 is 2.87 bits per heavy atom. The van der Waals surface area contributed by atoms with Crippen molar-refractivity contribution in [2.24, 2.45) is 4.99 Å². The number of guanidine groups is 1. The predicted molar refractivity (Wildman–Crippen MR) is 94.4 cm³/mol. The summed E-state index contributed by atoms with van der Waals surface area (Å²) in [6.07, 6.45) is 1.84. The second-order valence-electron chi connectivity index (χ2n) is 5.09. The molecule has 0 aliphatic rings. The van der Waals surface area contributed by atoms with Crippen molar-refractivity contribution in [3.63, 3.8) is 0 Å². The summed E-state index contributed by atoms with van der Waals surface area (Å²) in [4.78, 5) is 9.04. The van der Waals surface area contributed by atoms with Gasteiger partial charge < -0.3 is 10.6 Å². The number of aliphatic imine (C=N–C) groups is 1. The maximum atomic E-state index is 13.2. The third-order valence-electron chi connectivity index (χ3n) is 3.23. The fourth-order valence-electron chi connectivity index (χ4n) is 2.08. The maximum Gasteiger partial charge on any atom is 0.191 e. The summed E-state index contributed by atoms with van der Waals surface area (Å²) < 4.78 is 13.2. The van der Waals surface area contributed by atoms with Crippen LogP contribution in [0.15, 0.2) is 34.6 Å². The zero-order valence-corrected chi connectivity index (χ0v) is 14.4. The molecule has 4 nitrogen and oxygen atoms in total. The van der Waals surface area contributed by atoms with Gasteiger partial charge in [-0.25, -0.2) is 14.4 Å². The molecule has 6 heteroatoms. The van der Waals surface area contributed by atoms with Gasteiger partial charge in [-0.2, -0.15) is 0 Å². The van der Waals surface area contributed by atoms with E-state index in [1.807, 2.05) is 13.0 Å². The van der Waals surface area contributed by atoms with Crippen molar-refractivity contribution in [3.05, 3.63) is 51.7 Å². The molecule has 0 aliphatic carbocycles. The number of benzene rings is 1. The van der Waals surface area contributed by atoms with Crippen molar-refractivity contribution in [1.29, 1.82) is 0 Å². The number of aryl methyl sites for hydroxylation is 1. The Morgan fingerprint density at radius 2 is 2.17 bits per heavy atom. The molecule has 0 spiro atoms. The smallest absolute Gasteiger partial charge is 0.191 e. The summed E-state index contributed by atoms with van der Waals surface area (Å²) in [6, 6.07) is 6.52. The highest BCUT2D eigenvalue weighted by atomic mass is 32.1. The first-order valence-corrected chi connectivity index (χ1v) is 8.79. The molecule has 0 amide bonds. The number of rotatable bonds is 7. The van der Waals surface area contributed by atoms with E-state index in [1.165, 1.54) is 17.1 Å². The van der Waals surface area contributed by atoms with Gasteiger partial charge in [0.15, 0.2) is 5.96 Å². The van der Waals surface area contributed by atoms with Crippen molar-refractivity contribution < 1.29 is 4.39 Å². The van der Waals surface area contributed by atoms with E-state index < -0.39 is 0 Å². The van der Waals surface area contributed by atoms with Gasteiger partial charge in [0.25, 0.3) is 0 Å². The molecular formula is C17H23FN4S. The molecule has 1 heterocycles. The monoisotopic (exact) mass is 334 g/mol. The Morgan fingerprint density at radius 1 is 1.30 bits per heavy atom. The first kappa shape index (κ1) is 17.4. The van der Waals surface area contributed by atoms with Gasteiger partial charge in [-0.3, -0.25) is 0 Å². The Bertz CT molecular complexity index is 639. The molecule has 0 bridgehead atoms. The standard InChI is InChI=1S/C17H23FN4S/c1-3-16-22-15(12-23-16)8-9-20-17(19-4-2)21-11-13-6-5-7-14(18)10-13/h5-7,10,12H,3-4,8-9,11H2,1-2H3,(H2,19,20,21). The van der Waals surface area contributed by atoms with Gasteiger partial charge in [-0.1, -0.05) is 19.1 Å². The van der Waals surface area contributed by atoms with Crippen LogP contribution in [0.1, 0.15) is 30.1 Å². The number of halogens is 1. The Labute approximate surface area is 140 Å². The van der Waals surface area contributed by atoms with Crippen molar-refractivity contribution in [3.8, 4) is 0 Å². The van der Waals surface area contributed by atoms with Gasteiger partial charge >= 0.3 is 0 Å². The highest BCUT2D eigenvalue weighted by molar-refractivity contribution is 7.09. The lowest BCUT2D eigenvalue weighted by atomic mass is 10.2. The van der Waals surface area contributed by atoms with Crippen LogP contribution in [0, 0.1) is 5.82 Å². The lowest BCUT2D eigenvalue weighted by Crippen LogP contribution is -2.38. The number of nitrogens with zero attached hydrogens (tertiary/aromatic N) is 2. The van der Waals surface area contributed by atoms with Crippen LogP contribution in [0.3, 0.4) is 0 Å².